The van der Waals surface area contributed by atoms with E-state index in [4.69, 9.17) is 4.74 Å². The van der Waals surface area contributed by atoms with Gasteiger partial charge in [0.1, 0.15) is 17.0 Å². The summed E-state index contributed by atoms with van der Waals surface area (Å²) in [7, 11) is 1.64. The molecule has 6 nitrogen and oxygen atoms in total. The monoisotopic (exact) mass is 493 g/mol. The SMILES string of the molecule is CCc1cc2c(cc3n2CC(C)(C(=O)NC2CCC(C)CC2)N(Cc2cccc(OC)c2)C3=O)s1. The molecule has 5 rings (SSSR count). The molecular formula is C28H35N3O3S. The van der Waals surface area contributed by atoms with E-state index in [2.05, 4.69) is 29.8 Å². The largest absolute Gasteiger partial charge is 0.497 e. The van der Waals surface area contributed by atoms with Gasteiger partial charge in [0, 0.05) is 17.5 Å². The van der Waals surface area contributed by atoms with Gasteiger partial charge >= 0.3 is 0 Å². The van der Waals surface area contributed by atoms with Gasteiger partial charge in [-0.1, -0.05) is 26.0 Å². The third-order valence-corrected chi connectivity index (χ3v) is 9.05. The lowest BCUT2D eigenvalue weighted by atomic mass is 9.86. The number of carbonyl (C=O) groups excluding carboxylic acids is 2. The van der Waals surface area contributed by atoms with Gasteiger partial charge in [-0.25, -0.2) is 0 Å². The Bertz CT molecular complexity index is 1250. The molecule has 7 heteroatoms. The predicted molar refractivity (Wildman–Crippen MR) is 140 cm³/mol. The lowest BCUT2D eigenvalue weighted by Crippen LogP contribution is -2.64. The number of hydrogen-bond acceptors (Lipinski definition) is 4. The number of nitrogens with zero attached hydrogens (tertiary/aromatic N) is 2. The molecule has 2 aliphatic rings. The Morgan fingerprint density at radius 2 is 1.97 bits per heavy atom. The van der Waals surface area contributed by atoms with Crippen LogP contribution in [0.1, 0.15) is 67.4 Å². The number of aromatic nitrogens is 1. The summed E-state index contributed by atoms with van der Waals surface area (Å²) >= 11 is 1.73. The molecule has 0 saturated heterocycles. The van der Waals surface area contributed by atoms with Gasteiger partial charge in [0.25, 0.3) is 5.91 Å². The second-order valence-electron chi connectivity index (χ2n) is 10.4. The topological polar surface area (TPSA) is 63.6 Å². The van der Waals surface area contributed by atoms with Crippen molar-refractivity contribution in [2.75, 3.05) is 7.11 Å². The minimum Gasteiger partial charge on any atom is -0.497 e. The van der Waals surface area contributed by atoms with Crippen LogP contribution in [0, 0.1) is 5.92 Å². The Balaban J connectivity index is 1.52. The van der Waals surface area contributed by atoms with Crippen molar-refractivity contribution in [2.24, 2.45) is 5.92 Å². The molecule has 1 fully saturated rings. The Labute approximate surface area is 211 Å². The van der Waals surface area contributed by atoms with Crippen LogP contribution in [0.4, 0.5) is 0 Å². The van der Waals surface area contributed by atoms with Crippen molar-refractivity contribution in [2.45, 2.75) is 77.5 Å². The number of carbonyl (C=O) groups is 2. The molecule has 0 spiro atoms. The summed E-state index contributed by atoms with van der Waals surface area (Å²) in [6, 6.07) is 12.1. The summed E-state index contributed by atoms with van der Waals surface area (Å²) in [4.78, 5) is 30.9. The number of aryl methyl sites for hydroxylation is 1. The van der Waals surface area contributed by atoms with E-state index in [1.165, 1.54) is 4.88 Å². The quantitative estimate of drug-likeness (QED) is 0.501. The fourth-order valence-electron chi connectivity index (χ4n) is 5.51. The van der Waals surface area contributed by atoms with Gasteiger partial charge in [-0.05, 0) is 74.8 Å². The van der Waals surface area contributed by atoms with Gasteiger partial charge in [-0.2, -0.15) is 0 Å². The van der Waals surface area contributed by atoms with Crippen LogP contribution in [0.15, 0.2) is 36.4 Å². The molecule has 3 heterocycles. The number of hydrogen-bond donors (Lipinski definition) is 1. The molecule has 1 atom stereocenters. The summed E-state index contributed by atoms with van der Waals surface area (Å²) in [5.74, 6) is 1.29. The van der Waals surface area contributed by atoms with Gasteiger partial charge in [-0.3, -0.25) is 9.59 Å². The first kappa shape index (κ1) is 23.9. The summed E-state index contributed by atoms with van der Waals surface area (Å²) in [5, 5.41) is 3.33. The van der Waals surface area contributed by atoms with Crippen molar-refractivity contribution in [1.29, 1.82) is 0 Å². The molecule has 1 aliphatic carbocycles. The van der Waals surface area contributed by atoms with Crippen LogP contribution in [0.2, 0.25) is 0 Å². The maximum Gasteiger partial charge on any atom is 0.271 e. The average molecular weight is 494 g/mol. The standard InChI is InChI=1S/C28H35N3O3S/c1-5-22-14-23-25(35-22)15-24-26(32)31(16-19-7-6-8-21(13-19)34-4)28(3,17-30(23)24)27(33)29-20-11-9-18(2)10-12-20/h6-8,13-15,18,20H,5,9-12,16-17H2,1-4H3,(H,29,33). The van der Waals surface area contributed by atoms with E-state index in [-0.39, 0.29) is 17.9 Å². The van der Waals surface area contributed by atoms with Crippen LogP contribution in [-0.2, 0) is 24.3 Å². The second kappa shape index (κ2) is 9.34. The molecule has 2 amide bonds. The molecule has 1 N–H and O–H groups in total. The van der Waals surface area contributed by atoms with Crippen molar-refractivity contribution in [3.8, 4) is 5.75 Å². The van der Waals surface area contributed by atoms with E-state index in [1.807, 2.05) is 37.3 Å². The molecule has 1 aromatic carbocycles. The van der Waals surface area contributed by atoms with Crippen LogP contribution >= 0.6 is 11.3 Å². The van der Waals surface area contributed by atoms with Crippen LogP contribution in [0.25, 0.3) is 10.2 Å². The van der Waals surface area contributed by atoms with Crippen molar-refractivity contribution in [1.82, 2.24) is 14.8 Å². The minimum atomic E-state index is -1.00. The predicted octanol–water partition coefficient (Wildman–Crippen LogP) is 5.38. The summed E-state index contributed by atoms with van der Waals surface area (Å²) in [6.07, 6.45) is 5.21. The first-order valence-electron chi connectivity index (χ1n) is 12.7. The lowest BCUT2D eigenvalue weighted by molar-refractivity contribution is -0.134. The number of fused-ring (bicyclic) bond motifs is 3. The number of ether oxygens (including phenoxy) is 1. The van der Waals surface area contributed by atoms with E-state index in [1.54, 1.807) is 23.3 Å². The number of benzene rings is 1. The van der Waals surface area contributed by atoms with Crippen molar-refractivity contribution >= 4 is 33.4 Å². The molecular weight excluding hydrogens is 458 g/mol. The zero-order chi connectivity index (χ0) is 24.7. The van der Waals surface area contributed by atoms with E-state index >= 15 is 0 Å². The average Bonchev–Trinajstić information content (AvgIpc) is 3.42. The third kappa shape index (κ3) is 4.35. The number of methoxy groups -OCH3 is 1. The first-order chi connectivity index (χ1) is 16.8. The minimum absolute atomic E-state index is 0.0632. The van der Waals surface area contributed by atoms with Crippen LogP contribution in [-0.4, -0.2) is 40.0 Å². The molecule has 1 saturated carbocycles. The van der Waals surface area contributed by atoms with E-state index < -0.39 is 5.54 Å². The van der Waals surface area contributed by atoms with Gasteiger partial charge in [0.05, 0.1) is 23.9 Å². The highest BCUT2D eigenvalue weighted by molar-refractivity contribution is 7.19. The number of amides is 2. The van der Waals surface area contributed by atoms with Crippen LogP contribution in [0.5, 0.6) is 5.75 Å². The summed E-state index contributed by atoms with van der Waals surface area (Å²) in [5.41, 5.74) is 1.66. The van der Waals surface area contributed by atoms with E-state index in [9.17, 15) is 9.59 Å². The van der Waals surface area contributed by atoms with Gasteiger partial charge < -0.3 is 19.5 Å². The molecule has 0 radical (unpaired) electrons. The Kier molecular flexibility index (Phi) is 6.38. The highest BCUT2D eigenvalue weighted by Gasteiger charge is 2.48. The molecule has 0 bridgehead atoms. The molecule has 3 aromatic rings. The Morgan fingerprint density at radius 1 is 1.20 bits per heavy atom. The highest BCUT2D eigenvalue weighted by Crippen LogP contribution is 2.37. The maximum absolute atomic E-state index is 14.0. The Morgan fingerprint density at radius 3 is 2.69 bits per heavy atom. The third-order valence-electron chi connectivity index (χ3n) is 7.83. The zero-order valence-corrected chi connectivity index (χ0v) is 21.9. The number of rotatable bonds is 6. The fraction of sp³-hybridized carbons (Fsp3) is 0.500. The van der Waals surface area contributed by atoms with E-state index in [0.29, 0.717) is 24.7 Å². The fourth-order valence-corrected chi connectivity index (χ4v) is 6.55. The molecule has 2 aromatic heterocycles. The molecule has 186 valence electrons. The second-order valence-corrected chi connectivity index (χ2v) is 11.5. The number of thiophene rings is 1. The first-order valence-corrected chi connectivity index (χ1v) is 13.5. The van der Waals surface area contributed by atoms with Gasteiger partial charge in [0.2, 0.25) is 5.91 Å². The highest BCUT2D eigenvalue weighted by atomic mass is 32.1. The lowest BCUT2D eigenvalue weighted by Gasteiger charge is -2.45. The normalized spacial score (nSPS) is 24.5. The zero-order valence-electron chi connectivity index (χ0n) is 21.1. The number of nitrogens with one attached hydrogen (secondary N) is 1. The molecule has 1 unspecified atom stereocenters. The smallest absolute Gasteiger partial charge is 0.271 e. The van der Waals surface area contributed by atoms with Crippen molar-refractivity contribution in [3.63, 3.8) is 0 Å². The van der Waals surface area contributed by atoms with Crippen molar-refractivity contribution in [3.05, 3.63) is 52.5 Å². The van der Waals surface area contributed by atoms with Crippen LogP contribution < -0.4 is 10.1 Å². The van der Waals surface area contributed by atoms with E-state index in [0.717, 1.165) is 53.6 Å². The Hall–Kier alpha value is -2.80. The molecule has 35 heavy (non-hydrogen) atoms. The molecule has 1 aliphatic heterocycles. The maximum atomic E-state index is 14.0. The summed E-state index contributed by atoms with van der Waals surface area (Å²) in [6.45, 7) is 7.13. The van der Waals surface area contributed by atoms with Gasteiger partial charge in [0.15, 0.2) is 0 Å². The summed E-state index contributed by atoms with van der Waals surface area (Å²) < 4.78 is 8.58. The van der Waals surface area contributed by atoms with Crippen LogP contribution in [0.3, 0.4) is 0 Å². The van der Waals surface area contributed by atoms with Crippen molar-refractivity contribution < 1.29 is 14.3 Å². The van der Waals surface area contributed by atoms with Gasteiger partial charge in [-0.15, -0.1) is 11.3 Å².